The van der Waals surface area contributed by atoms with E-state index in [1.165, 1.54) is 0 Å². The minimum absolute atomic E-state index is 0.0515. The molecule has 1 heterocycles. The first-order valence-corrected chi connectivity index (χ1v) is 5.58. The number of hydrogen-bond donors (Lipinski definition) is 1. The van der Waals surface area contributed by atoms with E-state index in [4.69, 9.17) is 0 Å². The highest BCUT2D eigenvalue weighted by atomic mass is 19.2. The standard InChI is InChI=1S/C12H16F4N2/c1-6(12(2,3)4)5-17-9-7(13)10(15)18-11(16)8(9)14/h6H,5H2,1-4H3,(H,17,18). The van der Waals surface area contributed by atoms with E-state index < -0.39 is 29.2 Å². The fourth-order valence-electron chi connectivity index (χ4n) is 1.20. The van der Waals surface area contributed by atoms with E-state index in [0.717, 1.165) is 0 Å². The molecule has 1 aromatic rings. The predicted octanol–water partition coefficient (Wildman–Crippen LogP) is 3.73. The Labute approximate surface area is 103 Å². The van der Waals surface area contributed by atoms with Crippen LogP contribution in [0.15, 0.2) is 0 Å². The highest BCUT2D eigenvalue weighted by Crippen LogP contribution is 2.27. The van der Waals surface area contributed by atoms with Gasteiger partial charge in [-0.1, -0.05) is 27.7 Å². The molecule has 1 atom stereocenters. The van der Waals surface area contributed by atoms with Gasteiger partial charge in [-0.3, -0.25) is 0 Å². The second-order valence-electron chi connectivity index (χ2n) is 5.34. The highest BCUT2D eigenvalue weighted by molar-refractivity contribution is 5.45. The van der Waals surface area contributed by atoms with Crippen molar-refractivity contribution in [2.24, 2.45) is 11.3 Å². The summed E-state index contributed by atoms with van der Waals surface area (Å²) >= 11 is 0. The fraction of sp³-hybridized carbons (Fsp3) is 0.583. The van der Waals surface area contributed by atoms with Crippen LogP contribution in [0.2, 0.25) is 0 Å². The molecule has 0 amide bonds. The van der Waals surface area contributed by atoms with Crippen LogP contribution < -0.4 is 5.32 Å². The van der Waals surface area contributed by atoms with Crippen LogP contribution in [0, 0.1) is 34.9 Å². The minimum atomic E-state index is -1.65. The Morgan fingerprint density at radius 3 is 1.89 bits per heavy atom. The summed E-state index contributed by atoms with van der Waals surface area (Å²) < 4.78 is 52.3. The maximum absolute atomic E-state index is 13.3. The number of anilines is 1. The van der Waals surface area contributed by atoms with E-state index in [1.54, 1.807) is 0 Å². The molecule has 0 radical (unpaired) electrons. The number of pyridine rings is 1. The van der Waals surface area contributed by atoms with Gasteiger partial charge < -0.3 is 5.32 Å². The zero-order valence-corrected chi connectivity index (χ0v) is 10.7. The lowest BCUT2D eigenvalue weighted by Gasteiger charge is -2.27. The number of halogens is 4. The van der Waals surface area contributed by atoms with Gasteiger partial charge in [-0.05, 0) is 11.3 Å². The summed E-state index contributed by atoms with van der Waals surface area (Å²) in [6, 6.07) is 0. The van der Waals surface area contributed by atoms with Gasteiger partial charge in [-0.25, -0.2) is 0 Å². The summed E-state index contributed by atoms with van der Waals surface area (Å²) in [5.74, 6) is -6.26. The normalized spacial score (nSPS) is 13.6. The maximum atomic E-state index is 13.3. The van der Waals surface area contributed by atoms with Crippen LogP contribution in [-0.4, -0.2) is 11.5 Å². The van der Waals surface area contributed by atoms with E-state index in [9.17, 15) is 17.6 Å². The number of hydrogen-bond acceptors (Lipinski definition) is 2. The van der Waals surface area contributed by atoms with Crippen molar-refractivity contribution in [3.05, 3.63) is 23.5 Å². The molecule has 2 nitrogen and oxygen atoms in total. The van der Waals surface area contributed by atoms with Gasteiger partial charge in [0, 0.05) is 6.54 Å². The molecule has 1 N–H and O–H groups in total. The maximum Gasteiger partial charge on any atom is 0.253 e. The molecular formula is C12H16F4N2. The molecule has 1 unspecified atom stereocenters. The Kier molecular flexibility index (Phi) is 4.19. The van der Waals surface area contributed by atoms with Gasteiger partial charge in [-0.2, -0.15) is 22.5 Å². The third-order valence-corrected chi connectivity index (χ3v) is 3.06. The van der Waals surface area contributed by atoms with Crippen LogP contribution in [-0.2, 0) is 0 Å². The van der Waals surface area contributed by atoms with Gasteiger partial charge in [0.15, 0.2) is 0 Å². The summed E-state index contributed by atoms with van der Waals surface area (Å²) in [6.07, 6.45) is 0. The van der Waals surface area contributed by atoms with Crippen molar-refractivity contribution >= 4 is 5.69 Å². The topological polar surface area (TPSA) is 24.9 Å². The third-order valence-electron chi connectivity index (χ3n) is 3.06. The molecule has 0 fully saturated rings. The molecule has 0 aromatic carbocycles. The van der Waals surface area contributed by atoms with Crippen LogP contribution in [0.25, 0.3) is 0 Å². The summed E-state index contributed by atoms with van der Waals surface area (Å²) in [6.45, 7) is 7.94. The van der Waals surface area contributed by atoms with Crippen molar-refractivity contribution < 1.29 is 17.6 Å². The Morgan fingerprint density at radius 2 is 1.50 bits per heavy atom. The molecule has 0 saturated heterocycles. The fourth-order valence-corrected chi connectivity index (χ4v) is 1.20. The second kappa shape index (κ2) is 5.12. The molecule has 1 rings (SSSR count). The molecule has 0 saturated carbocycles. The predicted molar refractivity (Wildman–Crippen MR) is 61.2 cm³/mol. The first-order chi connectivity index (χ1) is 8.14. The lowest BCUT2D eigenvalue weighted by molar-refractivity contribution is 0.274. The van der Waals surface area contributed by atoms with E-state index in [-0.39, 0.29) is 17.9 Å². The van der Waals surface area contributed by atoms with Gasteiger partial charge >= 0.3 is 0 Å². The molecule has 6 heteroatoms. The number of nitrogens with one attached hydrogen (secondary N) is 1. The quantitative estimate of drug-likeness (QED) is 0.664. The Bertz CT molecular complexity index is 414. The molecule has 0 aliphatic carbocycles. The first kappa shape index (κ1) is 14.7. The third kappa shape index (κ3) is 3.11. The first-order valence-electron chi connectivity index (χ1n) is 5.58. The molecule has 102 valence electrons. The Balaban J connectivity index is 2.92. The number of aromatic nitrogens is 1. The Hall–Kier alpha value is -1.33. The largest absolute Gasteiger partial charge is 0.380 e. The van der Waals surface area contributed by atoms with Gasteiger partial charge in [0.05, 0.1) is 0 Å². The minimum Gasteiger partial charge on any atom is -0.380 e. The van der Waals surface area contributed by atoms with E-state index >= 15 is 0 Å². The van der Waals surface area contributed by atoms with Crippen LogP contribution in [0.4, 0.5) is 23.2 Å². The molecule has 18 heavy (non-hydrogen) atoms. The zero-order chi connectivity index (χ0) is 14.1. The van der Waals surface area contributed by atoms with Crippen LogP contribution in [0.1, 0.15) is 27.7 Å². The zero-order valence-electron chi connectivity index (χ0n) is 10.7. The number of rotatable bonds is 3. The average Bonchev–Trinajstić information content (AvgIpc) is 2.25. The summed E-state index contributed by atoms with van der Waals surface area (Å²) in [4.78, 5) is 2.49. The summed E-state index contributed by atoms with van der Waals surface area (Å²) in [5, 5.41) is 2.40. The summed E-state index contributed by atoms with van der Waals surface area (Å²) in [5.41, 5.74) is -0.902. The smallest absolute Gasteiger partial charge is 0.253 e. The van der Waals surface area contributed by atoms with Gasteiger partial charge in [0.1, 0.15) is 5.69 Å². The van der Waals surface area contributed by atoms with Crippen molar-refractivity contribution in [2.75, 3.05) is 11.9 Å². The van der Waals surface area contributed by atoms with Gasteiger partial charge in [0.2, 0.25) is 11.6 Å². The average molecular weight is 264 g/mol. The summed E-state index contributed by atoms with van der Waals surface area (Å²) in [7, 11) is 0. The molecular weight excluding hydrogens is 248 g/mol. The lowest BCUT2D eigenvalue weighted by atomic mass is 9.82. The van der Waals surface area contributed by atoms with E-state index in [2.05, 4.69) is 10.3 Å². The monoisotopic (exact) mass is 264 g/mol. The van der Waals surface area contributed by atoms with Crippen LogP contribution in [0.3, 0.4) is 0 Å². The van der Waals surface area contributed by atoms with Crippen molar-refractivity contribution in [1.82, 2.24) is 4.98 Å². The van der Waals surface area contributed by atoms with Crippen molar-refractivity contribution in [3.8, 4) is 0 Å². The molecule has 0 aliphatic rings. The van der Waals surface area contributed by atoms with Crippen LogP contribution >= 0.6 is 0 Å². The molecule has 0 spiro atoms. The highest BCUT2D eigenvalue weighted by Gasteiger charge is 2.24. The van der Waals surface area contributed by atoms with Gasteiger partial charge in [-0.15, -0.1) is 0 Å². The van der Waals surface area contributed by atoms with Crippen molar-refractivity contribution in [2.45, 2.75) is 27.7 Å². The van der Waals surface area contributed by atoms with Crippen molar-refractivity contribution in [3.63, 3.8) is 0 Å². The lowest BCUT2D eigenvalue weighted by Crippen LogP contribution is -2.25. The van der Waals surface area contributed by atoms with Gasteiger partial charge in [0.25, 0.3) is 11.9 Å². The Morgan fingerprint density at radius 1 is 1.06 bits per heavy atom. The van der Waals surface area contributed by atoms with E-state index in [0.29, 0.717) is 0 Å². The van der Waals surface area contributed by atoms with Crippen molar-refractivity contribution in [1.29, 1.82) is 0 Å². The molecule has 1 aromatic heterocycles. The van der Waals surface area contributed by atoms with Crippen LogP contribution in [0.5, 0.6) is 0 Å². The second-order valence-corrected chi connectivity index (χ2v) is 5.34. The molecule has 0 aliphatic heterocycles. The van der Waals surface area contributed by atoms with E-state index in [1.807, 2.05) is 27.7 Å². The SMILES string of the molecule is CC(CNc1c(F)c(F)nc(F)c1F)C(C)(C)C. The number of nitrogens with zero attached hydrogens (tertiary/aromatic N) is 1. The molecule has 0 bridgehead atoms.